The van der Waals surface area contributed by atoms with Gasteiger partial charge in [-0.2, -0.15) is 0 Å². The van der Waals surface area contributed by atoms with Crippen LogP contribution in [0.1, 0.15) is 24.0 Å². The van der Waals surface area contributed by atoms with Crippen molar-refractivity contribution in [3.05, 3.63) is 65.7 Å². The Balaban J connectivity index is 1.52. The molecular formula is C21H28N4O3. The van der Waals surface area contributed by atoms with Gasteiger partial charge in [-0.3, -0.25) is 9.63 Å². The minimum atomic E-state index is -0.252. The highest BCUT2D eigenvalue weighted by atomic mass is 16.6. The Morgan fingerprint density at radius 3 is 2.32 bits per heavy atom. The largest absolute Gasteiger partial charge is 0.378 e. The molecule has 0 atom stereocenters. The lowest BCUT2D eigenvalue weighted by atomic mass is 10.2. The number of carbonyl (C=O) groups is 2. The van der Waals surface area contributed by atoms with Crippen molar-refractivity contribution in [1.29, 1.82) is 0 Å². The van der Waals surface area contributed by atoms with E-state index in [1.807, 2.05) is 73.6 Å². The summed E-state index contributed by atoms with van der Waals surface area (Å²) in [6.45, 7) is 1.19. The molecule has 150 valence electrons. The molecule has 2 rings (SSSR count). The average Bonchev–Trinajstić information content (AvgIpc) is 2.71. The van der Waals surface area contributed by atoms with E-state index in [0.29, 0.717) is 26.1 Å². The summed E-state index contributed by atoms with van der Waals surface area (Å²) in [5, 5.41) is 5.54. The Morgan fingerprint density at radius 2 is 1.64 bits per heavy atom. The Bertz CT molecular complexity index is 733. The monoisotopic (exact) mass is 384 g/mol. The third-order valence-corrected chi connectivity index (χ3v) is 4.04. The van der Waals surface area contributed by atoms with Gasteiger partial charge in [0.15, 0.2) is 0 Å². The second-order valence-electron chi connectivity index (χ2n) is 6.57. The number of urea groups is 1. The van der Waals surface area contributed by atoms with Crippen LogP contribution in [-0.2, 0) is 22.8 Å². The fourth-order valence-corrected chi connectivity index (χ4v) is 2.43. The molecule has 0 saturated heterocycles. The summed E-state index contributed by atoms with van der Waals surface area (Å²) in [5.41, 5.74) is 5.53. The van der Waals surface area contributed by atoms with Gasteiger partial charge < -0.3 is 15.5 Å². The van der Waals surface area contributed by atoms with Crippen LogP contribution < -0.4 is 21.0 Å². The molecule has 0 aliphatic heterocycles. The van der Waals surface area contributed by atoms with Gasteiger partial charge in [0.2, 0.25) is 5.91 Å². The van der Waals surface area contributed by atoms with Gasteiger partial charge in [-0.25, -0.2) is 10.3 Å². The van der Waals surface area contributed by atoms with E-state index >= 15 is 0 Å². The summed E-state index contributed by atoms with van der Waals surface area (Å²) in [7, 11) is 3.97. The van der Waals surface area contributed by atoms with Crippen LogP contribution in [-0.4, -0.2) is 32.6 Å². The Morgan fingerprint density at radius 1 is 0.929 bits per heavy atom. The summed E-state index contributed by atoms with van der Waals surface area (Å²) in [6.07, 6.45) is 0.812. The van der Waals surface area contributed by atoms with Crippen molar-refractivity contribution in [2.75, 3.05) is 25.5 Å². The van der Waals surface area contributed by atoms with Gasteiger partial charge in [0.1, 0.15) is 0 Å². The lowest BCUT2D eigenvalue weighted by Gasteiger charge is -2.13. The molecular weight excluding hydrogens is 356 g/mol. The molecule has 2 aromatic carbocycles. The third kappa shape index (κ3) is 8.09. The van der Waals surface area contributed by atoms with Gasteiger partial charge in [0, 0.05) is 39.3 Å². The smallest absolute Gasteiger partial charge is 0.315 e. The topological polar surface area (TPSA) is 82.7 Å². The van der Waals surface area contributed by atoms with Gasteiger partial charge in [-0.05, 0) is 29.7 Å². The first-order valence-corrected chi connectivity index (χ1v) is 9.27. The fourth-order valence-electron chi connectivity index (χ4n) is 2.43. The van der Waals surface area contributed by atoms with Gasteiger partial charge in [-0.15, -0.1) is 0 Å². The molecule has 0 bridgehead atoms. The molecule has 0 radical (unpaired) electrons. The predicted molar refractivity (Wildman–Crippen MR) is 110 cm³/mol. The number of hydrogen-bond acceptors (Lipinski definition) is 4. The molecule has 0 saturated carbocycles. The summed E-state index contributed by atoms with van der Waals surface area (Å²) in [4.78, 5) is 30.7. The molecule has 0 aliphatic rings. The van der Waals surface area contributed by atoms with E-state index in [9.17, 15) is 9.59 Å². The summed E-state index contributed by atoms with van der Waals surface area (Å²) < 4.78 is 0. The fraction of sp³-hybridized carbons (Fsp3) is 0.333. The first-order valence-electron chi connectivity index (χ1n) is 9.27. The van der Waals surface area contributed by atoms with E-state index in [1.54, 1.807) is 0 Å². The quantitative estimate of drug-likeness (QED) is 0.434. The molecule has 28 heavy (non-hydrogen) atoms. The first-order chi connectivity index (χ1) is 13.5. The SMILES string of the molecule is CN(C)c1ccc(CNC(=O)NCCCC(=O)NOCc2ccccc2)cc1. The molecule has 3 amide bonds. The summed E-state index contributed by atoms with van der Waals surface area (Å²) in [5.74, 6) is -0.209. The van der Waals surface area contributed by atoms with Crippen molar-refractivity contribution in [1.82, 2.24) is 16.1 Å². The standard InChI is InChI=1S/C21H28N4O3/c1-25(2)19-12-10-17(11-13-19)15-23-21(27)22-14-6-9-20(26)24-28-16-18-7-4-3-5-8-18/h3-5,7-8,10-13H,6,9,14-16H2,1-2H3,(H,24,26)(H2,22,23,27). The van der Waals surface area contributed by atoms with Crippen molar-refractivity contribution in [2.24, 2.45) is 0 Å². The van der Waals surface area contributed by atoms with E-state index in [2.05, 4.69) is 16.1 Å². The van der Waals surface area contributed by atoms with Gasteiger partial charge in [0.25, 0.3) is 0 Å². The highest BCUT2D eigenvalue weighted by molar-refractivity contribution is 5.75. The second-order valence-corrected chi connectivity index (χ2v) is 6.57. The lowest BCUT2D eigenvalue weighted by molar-refractivity contribution is -0.134. The van der Waals surface area contributed by atoms with Crippen molar-refractivity contribution in [2.45, 2.75) is 26.0 Å². The van der Waals surface area contributed by atoms with Crippen LogP contribution >= 0.6 is 0 Å². The van der Waals surface area contributed by atoms with E-state index in [0.717, 1.165) is 16.8 Å². The van der Waals surface area contributed by atoms with E-state index < -0.39 is 0 Å². The third-order valence-electron chi connectivity index (χ3n) is 4.04. The molecule has 3 N–H and O–H groups in total. The van der Waals surface area contributed by atoms with Crippen LogP contribution in [0.2, 0.25) is 0 Å². The van der Waals surface area contributed by atoms with Crippen molar-refractivity contribution in [3.63, 3.8) is 0 Å². The molecule has 0 unspecified atom stereocenters. The molecule has 7 heteroatoms. The molecule has 0 fully saturated rings. The zero-order valence-electron chi connectivity index (χ0n) is 16.4. The predicted octanol–water partition coefficient (Wildman–Crippen LogP) is 2.58. The van der Waals surface area contributed by atoms with Gasteiger partial charge in [-0.1, -0.05) is 42.5 Å². The van der Waals surface area contributed by atoms with Crippen molar-refractivity contribution >= 4 is 17.6 Å². The normalized spacial score (nSPS) is 10.2. The number of rotatable bonds is 10. The minimum absolute atomic E-state index is 0.209. The average molecular weight is 384 g/mol. The first kappa shape index (κ1) is 21.2. The van der Waals surface area contributed by atoms with Crippen LogP contribution in [0.4, 0.5) is 10.5 Å². The van der Waals surface area contributed by atoms with Crippen LogP contribution in [0.15, 0.2) is 54.6 Å². The maximum absolute atomic E-state index is 11.8. The number of carbonyl (C=O) groups excluding carboxylic acids is 2. The highest BCUT2D eigenvalue weighted by Crippen LogP contribution is 2.11. The van der Waals surface area contributed by atoms with Crippen molar-refractivity contribution in [3.8, 4) is 0 Å². The summed E-state index contributed by atoms with van der Waals surface area (Å²) in [6, 6.07) is 17.3. The van der Waals surface area contributed by atoms with Crippen LogP contribution in [0.25, 0.3) is 0 Å². The number of anilines is 1. The molecule has 7 nitrogen and oxygen atoms in total. The Labute approximate surface area is 166 Å². The molecule has 0 heterocycles. The number of hydroxylamine groups is 1. The molecule has 0 aliphatic carbocycles. The molecule has 0 spiro atoms. The molecule has 0 aromatic heterocycles. The zero-order valence-corrected chi connectivity index (χ0v) is 16.4. The highest BCUT2D eigenvalue weighted by Gasteiger charge is 2.04. The molecule has 2 aromatic rings. The van der Waals surface area contributed by atoms with Crippen LogP contribution in [0.5, 0.6) is 0 Å². The number of nitrogens with zero attached hydrogens (tertiary/aromatic N) is 1. The lowest BCUT2D eigenvalue weighted by Crippen LogP contribution is -2.36. The number of nitrogens with one attached hydrogen (secondary N) is 3. The number of amides is 3. The van der Waals surface area contributed by atoms with Crippen LogP contribution in [0.3, 0.4) is 0 Å². The summed E-state index contributed by atoms with van der Waals surface area (Å²) >= 11 is 0. The minimum Gasteiger partial charge on any atom is -0.378 e. The van der Waals surface area contributed by atoms with Gasteiger partial charge >= 0.3 is 6.03 Å². The number of benzene rings is 2. The number of hydrogen-bond donors (Lipinski definition) is 3. The van der Waals surface area contributed by atoms with Crippen molar-refractivity contribution < 1.29 is 14.4 Å². The maximum atomic E-state index is 11.8. The second kappa shape index (κ2) is 11.6. The van der Waals surface area contributed by atoms with E-state index in [-0.39, 0.29) is 18.4 Å². The van der Waals surface area contributed by atoms with E-state index in [4.69, 9.17) is 4.84 Å². The van der Waals surface area contributed by atoms with Crippen LogP contribution in [0, 0.1) is 0 Å². The van der Waals surface area contributed by atoms with Gasteiger partial charge in [0.05, 0.1) is 6.61 Å². The maximum Gasteiger partial charge on any atom is 0.315 e. The Kier molecular flexibility index (Phi) is 8.81. The zero-order chi connectivity index (χ0) is 20.2. The van der Waals surface area contributed by atoms with E-state index in [1.165, 1.54) is 0 Å². The Hall–Kier alpha value is -3.06.